The van der Waals surface area contributed by atoms with E-state index in [2.05, 4.69) is 41.9 Å². The topological polar surface area (TPSA) is 318 Å². The van der Waals surface area contributed by atoms with Crippen LogP contribution in [0.25, 0.3) is 10.9 Å². The molecule has 19 nitrogen and oxygen atoms in total. The van der Waals surface area contributed by atoms with Crippen LogP contribution in [0, 0.1) is 0 Å². The van der Waals surface area contributed by atoms with Gasteiger partial charge in [-0.1, -0.05) is 39.8 Å². The summed E-state index contributed by atoms with van der Waals surface area (Å²) in [5.74, 6) is -5.06. The van der Waals surface area contributed by atoms with Crippen LogP contribution in [0.5, 0.6) is 0 Å². The second-order valence-corrected chi connectivity index (χ2v) is 14.8. The molecule has 1 aromatic carbocycles. The number of carboxylic acids is 1. The second-order valence-electron chi connectivity index (χ2n) is 12.1. The molecule has 0 saturated carbocycles. The number of hydrogen-bond acceptors (Lipinski definition) is 11. The number of carbonyl (C=O) groups is 7. The van der Waals surface area contributed by atoms with Crippen LogP contribution in [0.15, 0.2) is 35.5 Å². The quantitative estimate of drug-likeness (QED) is 0.0517. The van der Waals surface area contributed by atoms with Crippen molar-refractivity contribution in [2.45, 2.75) is 62.7 Å². The maximum Gasteiger partial charge on any atom is 0.305 e. The fourth-order valence-corrected chi connectivity index (χ4v) is 7.44. The number of rotatable bonds is 10. The van der Waals surface area contributed by atoms with Crippen molar-refractivity contribution in [1.29, 1.82) is 0 Å². The van der Waals surface area contributed by atoms with Crippen molar-refractivity contribution >= 4 is 79.9 Å². The van der Waals surface area contributed by atoms with E-state index in [-0.39, 0.29) is 44.1 Å². The third-order valence-corrected chi connectivity index (χ3v) is 10.3. The summed E-state index contributed by atoms with van der Waals surface area (Å²) in [7, 11) is 2.51. The number of carboxylic acid groups (broad SMARTS) is 1. The molecule has 21 heteroatoms. The molecular formula is C32H47N11O8S2. The molecule has 6 amide bonds. The number of benzene rings is 1. The fourth-order valence-electron chi connectivity index (χ4n) is 5.28. The number of nitrogens with two attached hydrogens (primary N) is 3. The lowest BCUT2D eigenvalue weighted by atomic mass is 10.0. The molecule has 2 heterocycles. The van der Waals surface area contributed by atoms with Crippen LogP contribution < -0.4 is 49.1 Å². The van der Waals surface area contributed by atoms with Crippen molar-refractivity contribution < 1.29 is 38.7 Å². The minimum absolute atomic E-state index is 0.0130. The van der Waals surface area contributed by atoms with Crippen LogP contribution in [0.3, 0.4) is 0 Å². The van der Waals surface area contributed by atoms with Gasteiger partial charge in [0.2, 0.25) is 35.4 Å². The Morgan fingerprint density at radius 3 is 2.34 bits per heavy atom. The zero-order valence-corrected chi connectivity index (χ0v) is 30.6. The summed E-state index contributed by atoms with van der Waals surface area (Å²) < 4.78 is 0. The van der Waals surface area contributed by atoms with Gasteiger partial charge >= 0.3 is 5.97 Å². The van der Waals surface area contributed by atoms with Crippen molar-refractivity contribution in [3.63, 3.8) is 0 Å². The standard InChI is InChI=1S/C32H47N11O8S2/c33-29(49)24-17-53-52-10-8-25(44)41-22(7-3-4-9-37-32(34)35)30(50)39-16-27(46)42-23(12-28(47)48)31(51)40-19(14-36-15-26(45)43-24)11-18-13-38-21-6-2-1-5-20(18)21/h1-2,5-6,13,19,22-24,36,38H,3-4,7-12,14-17H2,(H2,33,49)(H,39,50)(H,40,51)(H,41,44)(H,42,46)(H,43,45)(H,47,48)(H4,34,35,37). The summed E-state index contributed by atoms with van der Waals surface area (Å²) in [5, 5.41) is 26.3. The Morgan fingerprint density at radius 2 is 1.60 bits per heavy atom. The Morgan fingerprint density at radius 1 is 0.868 bits per heavy atom. The number of primary amides is 1. The normalized spacial score (nSPS) is 22.0. The van der Waals surface area contributed by atoms with Crippen molar-refractivity contribution in [2.24, 2.45) is 22.2 Å². The highest BCUT2D eigenvalue weighted by molar-refractivity contribution is 8.76. The van der Waals surface area contributed by atoms with Crippen LogP contribution in [0.4, 0.5) is 0 Å². The number of unbranched alkanes of at least 4 members (excludes halogenated alkanes) is 1. The highest BCUT2D eigenvalue weighted by atomic mass is 33.1. The van der Waals surface area contributed by atoms with Gasteiger partial charge in [-0.05, 0) is 37.3 Å². The predicted octanol–water partition coefficient (Wildman–Crippen LogP) is -2.46. The van der Waals surface area contributed by atoms with E-state index in [4.69, 9.17) is 17.2 Å². The molecule has 1 aliphatic heterocycles. The summed E-state index contributed by atoms with van der Waals surface area (Å²) in [4.78, 5) is 96.0. The molecule has 1 aliphatic rings. The first-order valence-corrected chi connectivity index (χ1v) is 19.3. The molecule has 290 valence electrons. The highest BCUT2D eigenvalue weighted by Gasteiger charge is 2.28. The van der Waals surface area contributed by atoms with Gasteiger partial charge in [-0.3, -0.25) is 38.6 Å². The third kappa shape index (κ3) is 15.6. The largest absolute Gasteiger partial charge is 0.481 e. The van der Waals surface area contributed by atoms with E-state index in [1.807, 2.05) is 24.3 Å². The van der Waals surface area contributed by atoms with E-state index in [0.717, 1.165) is 16.5 Å². The summed E-state index contributed by atoms with van der Waals surface area (Å²) >= 11 is 0. The summed E-state index contributed by atoms with van der Waals surface area (Å²) in [6.07, 6.45) is 2.42. The number of guanidine groups is 1. The number of nitrogens with one attached hydrogen (secondary N) is 7. The zero-order chi connectivity index (χ0) is 38.8. The van der Waals surface area contributed by atoms with Gasteiger partial charge in [0.25, 0.3) is 0 Å². The number of aliphatic carboxylic acids is 1. The van der Waals surface area contributed by atoms with Crippen LogP contribution in [0.1, 0.15) is 37.7 Å². The minimum Gasteiger partial charge on any atom is -0.481 e. The first-order valence-electron chi connectivity index (χ1n) is 16.8. The van der Waals surface area contributed by atoms with Gasteiger partial charge in [0.15, 0.2) is 5.96 Å². The Kier molecular flexibility index (Phi) is 17.7. The molecule has 3 rings (SSSR count). The number of fused-ring (bicyclic) bond motifs is 1. The van der Waals surface area contributed by atoms with Crippen LogP contribution in [-0.2, 0) is 40.0 Å². The Balaban J connectivity index is 1.81. The number of amides is 6. The number of nitrogens with zero attached hydrogens (tertiary/aromatic N) is 1. The molecule has 0 spiro atoms. The molecule has 14 N–H and O–H groups in total. The SMILES string of the molecule is NC(=O)C1CSSCCC(=O)NC(CCCCN=C(N)N)C(=O)NCC(=O)NC(CC(=O)O)C(=O)NC(Cc2c[nH]c3ccccc23)CNCC(=O)N1. The van der Waals surface area contributed by atoms with Crippen LogP contribution >= 0.6 is 21.6 Å². The van der Waals surface area contributed by atoms with Gasteiger partial charge in [-0.25, -0.2) is 0 Å². The molecule has 0 aliphatic carbocycles. The van der Waals surface area contributed by atoms with E-state index in [9.17, 15) is 38.7 Å². The summed E-state index contributed by atoms with van der Waals surface area (Å²) in [6.45, 7) is -0.500. The van der Waals surface area contributed by atoms with Gasteiger partial charge in [-0.2, -0.15) is 0 Å². The van der Waals surface area contributed by atoms with Crippen molar-refractivity contribution in [3.8, 4) is 0 Å². The maximum atomic E-state index is 13.5. The zero-order valence-electron chi connectivity index (χ0n) is 29.0. The van der Waals surface area contributed by atoms with E-state index < -0.39 is 78.5 Å². The number of aromatic amines is 1. The van der Waals surface area contributed by atoms with Crippen LogP contribution in [-0.4, -0.2) is 119 Å². The average molecular weight is 778 g/mol. The summed E-state index contributed by atoms with van der Waals surface area (Å²) in [6, 6.07) is 3.24. The Bertz CT molecular complexity index is 1640. The maximum absolute atomic E-state index is 13.5. The smallest absolute Gasteiger partial charge is 0.305 e. The van der Waals surface area contributed by atoms with Gasteiger partial charge in [0, 0.05) is 54.2 Å². The lowest BCUT2D eigenvalue weighted by Gasteiger charge is -2.24. The predicted molar refractivity (Wildman–Crippen MR) is 201 cm³/mol. The van der Waals surface area contributed by atoms with Gasteiger partial charge in [-0.15, -0.1) is 0 Å². The monoisotopic (exact) mass is 777 g/mol. The van der Waals surface area contributed by atoms with Crippen molar-refractivity contribution in [1.82, 2.24) is 36.9 Å². The van der Waals surface area contributed by atoms with E-state index in [1.54, 1.807) is 6.20 Å². The van der Waals surface area contributed by atoms with Gasteiger partial charge in [0.1, 0.15) is 18.1 Å². The molecule has 1 aromatic heterocycles. The number of hydrogen-bond donors (Lipinski definition) is 11. The molecule has 0 radical (unpaired) electrons. The fraction of sp³-hybridized carbons (Fsp3) is 0.500. The lowest BCUT2D eigenvalue weighted by Crippen LogP contribution is -2.55. The van der Waals surface area contributed by atoms with Crippen LogP contribution in [0.2, 0.25) is 0 Å². The first-order chi connectivity index (χ1) is 25.3. The highest BCUT2D eigenvalue weighted by Crippen LogP contribution is 2.23. The third-order valence-electron chi connectivity index (χ3n) is 7.87. The van der Waals surface area contributed by atoms with E-state index in [0.29, 0.717) is 25.1 Å². The molecule has 1 fully saturated rings. The Hall–Kier alpha value is -5.02. The molecule has 4 atom stereocenters. The average Bonchev–Trinajstić information content (AvgIpc) is 3.50. The molecular weight excluding hydrogens is 731 g/mol. The lowest BCUT2D eigenvalue weighted by molar-refractivity contribution is -0.141. The van der Waals surface area contributed by atoms with Gasteiger partial charge < -0.3 is 59.2 Å². The number of H-pyrrole nitrogens is 1. The molecule has 53 heavy (non-hydrogen) atoms. The first kappa shape index (κ1) is 42.4. The molecule has 2 aromatic rings. The Labute approximate surface area is 313 Å². The summed E-state index contributed by atoms with van der Waals surface area (Å²) in [5.41, 5.74) is 17.9. The number of aliphatic imine (C=N–C) groups is 1. The second kappa shape index (κ2) is 22.1. The number of carbonyl (C=O) groups excluding carboxylic acids is 6. The van der Waals surface area contributed by atoms with E-state index in [1.165, 1.54) is 21.6 Å². The molecule has 4 unspecified atom stereocenters. The van der Waals surface area contributed by atoms with E-state index >= 15 is 0 Å². The number of aromatic nitrogens is 1. The van der Waals surface area contributed by atoms with Gasteiger partial charge in [0.05, 0.1) is 19.5 Å². The van der Waals surface area contributed by atoms with Crippen molar-refractivity contribution in [2.75, 3.05) is 37.7 Å². The minimum atomic E-state index is -1.52. The molecule has 1 saturated heterocycles. The van der Waals surface area contributed by atoms with Crippen molar-refractivity contribution in [3.05, 3.63) is 36.0 Å². The number of para-hydroxylation sites is 1. The molecule has 0 bridgehead atoms.